The Hall–Kier alpha value is -1.38. The van der Waals surface area contributed by atoms with Crippen molar-refractivity contribution in [1.82, 2.24) is 19.8 Å². The molecule has 34 heavy (non-hydrogen) atoms. The Morgan fingerprint density at radius 2 is 2.00 bits per heavy atom. The molecule has 16 heteroatoms. The van der Waals surface area contributed by atoms with Gasteiger partial charge in [-0.3, -0.25) is 23.9 Å². The largest absolute Gasteiger partial charge is 0.481 e. The third-order valence-corrected chi connectivity index (χ3v) is 9.43. The Bertz CT molecular complexity index is 1210. The lowest BCUT2D eigenvalue weighted by Crippen LogP contribution is -2.76. The van der Waals surface area contributed by atoms with Gasteiger partial charge in [-0.1, -0.05) is 0 Å². The van der Waals surface area contributed by atoms with Gasteiger partial charge in [-0.05, 0) is 45.2 Å². The molecule has 182 valence electrons. The fraction of sp³-hybridized carbons (Fsp3) is 0.444. The summed E-state index contributed by atoms with van der Waals surface area (Å²) < 4.78 is 7.51. The van der Waals surface area contributed by atoms with E-state index in [0.29, 0.717) is 7.14 Å². The number of hydrogen-bond acceptors (Lipinski definition) is 10. The molecule has 0 spiro atoms. The SMILES string of the molecule is CC(=O)N(C1C(=O)N2CC(C(=O)O)(C(S)c3nnc(CO)o3)CS[C@H]12)n1cc(I)c(=O)c(I)c1. The third kappa shape index (κ3) is 4.13. The van der Waals surface area contributed by atoms with Crippen LogP contribution in [0.25, 0.3) is 0 Å². The topological polar surface area (TPSA) is 159 Å². The summed E-state index contributed by atoms with van der Waals surface area (Å²) in [5, 5.41) is 26.4. The number of halogens is 2. The zero-order valence-electron chi connectivity index (χ0n) is 17.3. The van der Waals surface area contributed by atoms with Crippen LogP contribution in [0.2, 0.25) is 0 Å². The number of aliphatic hydroxyl groups is 1. The van der Waals surface area contributed by atoms with Gasteiger partial charge in [-0.15, -0.1) is 22.0 Å². The number of fused-ring (bicyclic) bond motifs is 1. The van der Waals surface area contributed by atoms with Crippen molar-refractivity contribution in [3.05, 3.63) is 41.5 Å². The van der Waals surface area contributed by atoms with Gasteiger partial charge in [0, 0.05) is 31.6 Å². The van der Waals surface area contributed by atoms with Crippen molar-refractivity contribution in [2.75, 3.05) is 17.3 Å². The van der Waals surface area contributed by atoms with Gasteiger partial charge >= 0.3 is 5.97 Å². The summed E-state index contributed by atoms with van der Waals surface area (Å²) in [6, 6.07) is -0.869. The average molecular weight is 733 g/mol. The van der Waals surface area contributed by atoms with Crippen LogP contribution in [0.15, 0.2) is 21.6 Å². The van der Waals surface area contributed by atoms with Crippen LogP contribution >= 0.6 is 69.6 Å². The van der Waals surface area contributed by atoms with E-state index in [9.17, 15) is 24.3 Å². The van der Waals surface area contributed by atoms with Gasteiger partial charge in [0.15, 0.2) is 6.04 Å². The van der Waals surface area contributed by atoms with Crippen molar-refractivity contribution >= 4 is 87.4 Å². The summed E-state index contributed by atoms with van der Waals surface area (Å²) in [5.74, 6) is -2.10. The molecular weight excluding hydrogens is 716 g/mol. The van der Waals surface area contributed by atoms with Gasteiger partial charge in [0.25, 0.3) is 5.91 Å². The van der Waals surface area contributed by atoms with Gasteiger partial charge in [-0.25, -0.2) is 5.01 Å². The number of carbonyl (C=O) groups excluding carboxylic acids is 2. The fourth-order valence-electron chi connectivity index (χ4n) is 3.88. The monoisotopic (exact) mass is 733 g/mol. The Labute approximate surface area is 229 Å². The molecule has 2 aromatic rings. The van der Waals surface area contributed by atoms with E-state index >= 15 is 0 Å². The molecule has 4 heterocycles. The second-order valence-corrected chi connectivity index (χ2v) is 11.6. The van der Waals surface area contributed by atoms with Crippen molar-refractivity contribution in [2.24, 2.45) is 5.41 Å². The molecule has 4 rings (SSSR count). The fourth-order valence-corrected chi connectivity index (χ4v) is 7.68. The van der Waals surface area contributed by atoms with Crippen molar-refractivity contribution in [1.29, 1.82) is 0 Å². The van der Waals surface area contributed by atoms with E-state index in [0.717, 1.165) is 0 Å². The molecule has 3 unspecified atom stereocenters. The summed E-state index contributed by atoms with van der Waals surface area (Å²) in [5.41, 5.74) is -1.71. The third-order valence-electron chi connectivity index (χ3n) is 5.64. The normalized spacial score (nSPS) is 24.9. The van der Waals surface area contributed by atoms with Crippen LogP contribution in [-0.4, -0.2) is 71.5 Å². The maximum atomic E-state index is 13.2. The first-order valence-electron chi connectivity index (χ1n) is 9.66. The Kier molecular flexibility index (Phi) is 7.25. The number of hydrogen-bond donors (Lipinski definition) is 3. The Balaban J connectivity index is 1.63. The van der Waals surface area contributed by atoms with Crippen LogP contribution in [0, 0.1) is 12.6 Å². The maximum absolute atomic E-state index is 13.2. The van der Waals surface area contributed by atoms with E-state index in [4.69, 9.17) is 9.52 Å². The first-order valence-corrected chi connectivity index (χ1v) is 13.4. The molecule has 0 bridgehead atoms. The molecular formula is C18H17I2N5O7S2. The van der Waals surface area contributed by atoms with E-state index in [1.807, 2.05) is 45.2 Å². The number of rotatable bonds is 6. The highest BCUT2D eigenvalue weighted by molar-refractivity contribution is 14.1. The first-order chi connectivity index (χ1) is 16.0. The number of carbonyl (C=O) groups is 3. The minimum absolute atomic E-state index is 0.0588. The van der Waals surface area contributed by atoms with Crippen LogP contribution in [0.5, 0.6) is 0 Å². The molecule has 2 amide bonds. The smallest absolute Gasteiger partial charge is 0.313 e. The van der Waals surface area contributed by atoms with Gasteiger partial charge in [0.05, 0.1) is 12.4 Å². The Morgan fingerprint density at radius 3 is 2.53 bits per heavy atom. The predicted molar refractivity (Wildman–Crippen MR) is 139 cm³/mol. The van der Waals surface area contributed by atoms with Crippen LogP contribution in [-0.2, 0) is 21.0 Å². The molecule has 4 atom stereocenters. The number of pyridine rings is 1. The molecule has 2 aromatic heterocycles. The number of carboxylic acids is 1. The number of aliphatic hydroxyl groups excluding tert-OH is 1. The van der Waals surface area contributed by atoms with E-state index in [1.54, 1.807) is 0 Å². The summed E-state index contributed by atoms with van der Waals surface area (Å²) in [6.45, 7) is 0.645. The van der Waals surface area contributed by atoms with E-state index < -0.39 is 46.5 Å². The number of nitrogens with zero attached hydrogens (tertiary/aromatic N) is 5. The molecule has 12 nitrogen and oxygen atoms in total. The molecule has 0 aliphatic carbocycles. The molecule has 2 N–H and O–H groups in total. The standard InChI is InChI=1S/C18H17I2N5O7S2/c1-7(27)25(23-2-8(19)12(28)9(20)3-23)11-15(29)24-5-18(17(30)31,6-34-16(11)24)13(33)14-22-21-10(4-26)32-14/h2-3,11,13,16,26,33H,4-6H2,1H3,(H,30,31)/t11?,13?,16-,18?/m1/s1. The molecule has 0 aromatic carbocycles. The quantitative estimate of drug-likeness (QED) is 0.216. The maximum Gasteiger partial charge on any atom is 0.313 e. The summed E-state index contributed by atoms with van der Waals surface area (Å²) >= 11 is 9.39. The van der Waals surface area contributed by atoms with E-state index in [1.165, 1.54) is 45.7 Å². The van der Waals surface area contributed by atoms with Crippen LogP contribution in [0.1, 0.15) is 24.0 Å². The van der Waals surface area contributed by atoms with Gasteiger partial charge in [-0.2, -0.15) is 12.6 Å². The predicted octanol–water partition coefficient (Wildman–Crippen LogP) is 0.443. The number of thioether (sulfide) groups is 1. The van der Waals surface area contributed by atoms with E-state index in [-0.39, 0.29) is 29.5 Å². The summed E-state index contributed by atoms with van der Waals surface area (Å²) in [4.78, 5) is 51.6. The summed E-state index contributed by atoms with van der Waals surface area (Å²) in [6.07, 6.45) is 2.96. The summed E-state index contributed by atoms with van der Waals surface area (Å²) in [7, 11) is 0. The van der Waals surface area contributed by atoms with Crippen molar-refractivity contribution in [2.45, 2.75) is 30.2 Å². The zero-order chi connectivity index (χ0) is 24.9. The number of thiol groups is 1. The van der Waals surface area contributed by atoms with Gasteiger partial charge in [0.2, 0.25) is 23.1 Å². The average Bonchev–Trinajstić information content (AvgIpc) is 3.28. The number of aromatic nitrogens is 3. The second-order valence-electron chi connectivity index (χ2n) is 7.70. The number of carboxylic acid groups (broad SMARTS) is 1. The number of aliphatic carboxylic acids is 1. The van der Waals surface area contributed by atoms with Crippen LogP contribution in [0.3, 0.4) is 0 Å². The van der Waals surface area contributed by atoms with Crippen molar-refractivity contribution in [3.8, 4) is 0 Å². The molecule has 2 aliphatic heterocycles. The molecule has 0 radical (unpaired) electrons. The first kappa shape index (κ1) is 25.7. The highest BCUT2D eigenvalue weighted by atomic mass is 127. The Morgan fingerprint density at radius 1 is 1.35 bits per heavy atom. The van der Waals surface area contributed by atoms with Crippen molar-refractivity contribution < 1.29 is 29.0 Å². The van der Waals surface area contributed by atoms with Gasteiger partial charge in [0.1, 0.15) is 17.4 Å². The van der Waals surface area contributed by atoms with E-state index in [2.05, 4.69) is 22.8 Å². The minimum atomic E-state index is -1.53. The molecule has 0 saturated carbocycles. The number of β-lactam (4-membered cyclic amide) rings is 1. The second kappa shape index (κ2) is 9.58. The van der Waals surface area contributed by atoms with Crippen LogP contribution in [0.4, 0.5) is 0 Å². The van der Waals surface area contributed by atoms with Gasteiger partial charge < -0.3 is 19.5 Å². The lowest BCUT2D eigenvalue weighted by molar-refractivity contribution is -0.158. The highest BCUT2D eigenvalue weighted by Gasteiger charge is 2.62. The lowest BCUT2D eigenvalue weighted by Gasteiger charge is -2.56. The van der Waals surface area contributed by atoms with Crippen LogP contribution < -0.4 is 10.4 Å². The molecule has 2 fully saturated rings. The zero-order valence-corrected chi connectivity index (χ0v) is 23.3. The van der Waals surface area contributed by atoms with Crippen molar-refractivity contribution in [3.63, 3.8) is 0 Å². The molecule has 2 aliphatic rings. The molecule has 2 saturated heterocycles. The lowest BCUT2D eigenvalue weighted by atomic mass is 9.83. The minimum Gasteiger partial charge on any atom is -0.481 e. The number of amides is 2. The highest BCUT2D eigenvalue weighted by Crippen LogP contribution is 2.50.